The van der Waals surface area contributed by atoms with Gasteiger partial charge in [0.25, 0.3) is 11.6 Å². The van der Waals surface area contributed by atoms with Crippen LogP contribution in [0.2, 0.25) is 0 Å². The summed E-state index contributed by atoms with van der Waals surface area (Å²) in [7, 11) is 1.68. The van der Waals surface area contributed by atoms with Crippen molar-refractivity contribution in [2.45, 2.75) is 20.8 Å². The fourth-order valence-corrected chi connectivity index (χ4v) is 1.86. The van der Waals surface area contributed by atoms with Crippen LogP contribution in [0, 0.1) is 16.0 Å². The molecule has 0 aliphatic rings. The molecule has 0 atom stereocenters. The second kappa shape index (κ2) is 6.83. The SMILES string of the molecule is CCNc1ncc([N+](=O)[O-])cc1C(=O)N(C)CC(C)C. The molecule has 1 aromatic heterocycles. The topological polar surface area (TPSA) is 88.4 Å². The van der Waals surface area contributed by atoms with E-state index >= 15 is 0 Å². The van der Waals surface area contributed by atoms with Crippen LogP contribution in [0.4, 0.5) is 11.5 Å². The molecule has 1 heterocycles. The van der Waals surface area contributed by atoms with Crippen molar-refractivity contribution in [1.82, 2.24) is 9.88 Å². The molecule has 0 fully saturated rings. The molecule has 0 saturated heterocycles. The van der Waals surface area contributed by atoms with Crippen LogP contribution in [-0.4, -0.2) is 40.9 Å². The highest BCUT2D eigenvalue weighted by Crippen LogP contribution is 2.20. The Morgan fingerprint density at radius 2 is 2.20 bits per heavy atom. The van der Waals surface area contributed by atoms with Gasteiger partial charge in [-0.1, -0.05) is 13.8 Å². The van der Waals surface area contributed by atoms with E-state index in [0.717, 1.165) is 6.20 Å². The molecule has 0 radical (unpaired) electrons. The smallest absolute Gasteiger partial charge is 0.288 e. The molecule has 0 aromatic carbocycles. The molecule has 7 nitrogen and oxygen atoms in total. The molecule has 1 amide bonds. The number of amides is 1. The number of carbonyl (C=O) groups excluding carboxylic acids is 1. The van der Waals surface area contributed by atoms with E-state index in [2.05, 4.69) is 10.3 Å². The predicted octanol–water partition coefficient (Wildman–Crippen LogP) is 2.15. The number of hydrogen-bond acceptors (Lipinski definition) is 5. The maximum absolute atomic E-state index is 12.4. The quantitative estimate of drug-likeness (QED) is 0.637. The first-order valence-corrected chi connectivity index (χ1v) is 6.50. The van der Waals surface area contributed by atoms with E-state index in [1.165, 1.54) is 6.07 Å². The number of rotatable bonds is 6. The summed E-state index contributed by atoms with van der Waals surface area (Å²) in [6.45, 7) is 7.03. The summed E-state index contributed by atoms with van der Waals surface area (Å²) in [6, 6.07) is 1.27. The van der Waals surface area contributed by atoms with Crippen LogP contribution in [0.15, 0.2) is 12.3 Å². The summed E-state index contributed by atoms with van der Waals surface area (Å²) in [5, 5.41) is 13.8. The largest absolute Gasteiger partial charge is 0.370 e. The number of aromatic nitrogens is 1. The first-order chi connectivity index (χ1) is 9.36. The van der Waals surface area contributed by atoms with E-state index in [1.807, 2.05) is 20.8 Å². The monoisotopic (exact) mass is 280 g/mol. The summed E-state index contributed by atoms with van der Waals surface area (Å²) in [4.78, 5) is 28.2. The second-order valence-electron chi connectivity index (χ2n) is 4.96. The highest BCUT2D eigenvalue weighted by molar-refractivity contribution is 5.99. The number of carbonyl (C=O) groups is 1. The van der Waals surface area contributed by atoms with Crippen molar-refractivity contribution in [1.29, 1.82) is 0 Å². The number of hydrogen-bond donors (Lipinski definition) is 1. The number of nitrogens with one attached hydrogen (secondary N) is 1. The lowest BCUT2D eigenvalue weighted by atomic mass is 10.1. The third kappa shape index (κ3) is 3.91. The number of pyridine rings is 1. The van der Waals surface area contributed by atoms with Crippen molar-refractivity contribution in [2.24, 2.45) is 5.92 Å². The van der Waals surface area contributed by atoms with Crippen molar-refractivity contribution in [2.75, 3.05) is 25.5 Å². The summed E-state index contributed by atoms with van der Waals surface area (Å²) in [5.74, 6) is 0.419. The van der Waals surface area contributed by atoms with E-state index in [4.69, 9.17) is 0 Å². The lowest BCUT2D eigenvalue weighted by Gasteiger charge is -2.20. The average molecular weight is 280 g/mol. The molecule has 110 valence electrons. The fraction of sp³-hybridized carbons (Fsp3) is 0.538. The third-order valence-corrected chi connectivity index (χ3v) is 2.64. The molecule has 0 aliphatic carbocycles. The Labute approximate surface area is 118 Å². The van der Waals surface area contributed by atoms with Crippen LogP contribution in [-0.2, 0) is 0 Å². The van der Waals surface area contributed by atoms with Gasteiger partial charge in [-0.3, -0.25) is 14.9 Å². The average Bonchev–Trinajstić information content (AvgIpc) is 2.37. The first kappa shape index (κ1) is 15.9. The number of nitro groups is 1. The van der Waals surface area contributed by atoms with Gasteiger partial charge in [-0.2, -0.15) is 0 Å². The lowest BCUT2D eigenvalue weighted by molar-refractivity contribution is -0.385. The predicted molar refractivity (Wildman–Crippen MR) is 76.9 cm³/mol. The van der Waals surface area contributed by atoms with Gasteiger partial charge in [-0.05, 0) is 12.8 Å². The Bertz CT molecular complexity index is 502. The van der Waals surface area contributed by atoms with Crippen molar-refractivity contribution < 1.29 is 9.72 Å². The van der Waals surface area contributed by atoms with Crippen molar-refractivity contribution in [3.05, 3.63) is 27.9 Å². The Balaban J connectivity index is 3.14. The summed E-state index contributed by atoms with van der Waals surface area (Å²) >= 11 is 0. The maximum atomic E-state index is 12.4. The van der Waals surface area contributed by atoms with Crippen LogP contribution in [0.1, 0.15) is 31.1 Å². The molecule has 1 rings (SSSR count). The fourth-order valence-electron chi connectivity index (χ4n) is 1.86. The highest BCUT2D eigenvalue weighted by Gasteiger charge is 2.21. The van der Waals surface area contributed by atoms with Gasteiger partial charge in [-0.15, -0.1) is 0 Å². The minimum atomic E-state index is -0.554. The minimum Gasteiger partial charge on any atom is -0.370 e. The zero-order valence-corrected chi connectivity index (χ0v) is 12.2. The molecule has 0 aliphatic heterocycles. The van der Waals surface area contributed by atoms with Gasteiger partial charge in [-0.25, -0.2) is 4.98 Å². The third-order valence-electron chi connectivity index (χ3n) is 2.64. The molecule has 7 heteroatoms. The van der Waals surface area contributed by atoms with Crippen LogP contribution in [0.5, 0.6) is 0 Å². The standard InChI is InChI=1S/C13H20N4O3/c1-5-14-12-11(6-10(7-15-12)17(19)20)13(18)16(4)8-9(2)3/h6-7,9H,5,8H2,1-4H3,(H,14,15). The van der Waals surface area contributed by atoms with Crippen LogP contribution in [0.25, 0.3) is 0 Å². The van der Waals surface area contributed by atoms with Gasteiger partial charge in [0.15, 0.2) is 0 Å². The Kier molecular flexibility index (Phi) is 5.42. The summed E-state index contributed by atoms with van der Waals surface area (Å²) in [6.07, 6.45) is 1.15. The van der Waals surface area contributed by atoms with Gasteiger partial charge in [0.2, 0.25) is 0 Å². The van der Waals surface area contributed by atoms with Crippen molar-refractivity contribution >= 4 is 17.4 Å². The van der Waals surface area contributed by atoms with E-state index in [9.17, 15) is 14.9 Å². The van der Waals surface area contributed by atoms with E-state index in [0.29, 0.717) is 24.8 Å². The van der Waals surface area contributed by atoms with Crippen molar-refractivity contribution in [3.63, 3.8) is 0 Å². The first-order valence-electron chi connectivity index (χ1n) is 6.50. The molecule has 20 heavy (non-hydrogen) atoms. The van der Waals surface area contributed by atoms with Crippen LogP contribution in [0.3, 0.4) is 0 Å². The second-order valence-corrected chi connectivity index (χ2v) is 4.96. The van der Waals surface area contributed by atoms with Gasteiger partial charge in [0.1, 0.15) is 12.0 Å². The molecule has 0 spiro atoms. The molecule has 0 unspecified atom stereocenters. The van der Waals surface area contributed by atoms with E-state index in [-0.39, 0.29) is 17.2 Å². The van der Waals surface area contributed by atoms with Gasteiger partial charge in [0.05, 0.1) is 10.5 Å². The Morgan fingerprint density at radius 3 is 2.70 bits per heavy atom. The molecule has 0 saturated carbocycles. The molecular weight excluding hydrogens is 260 g/mol. The Morgan fingerprint density at radius 1 is 1.55 bits per heavy atom. The summed E-state index contributed by atoms with van der Waals surface area (Å²) < 4.78 is 0. The normalized spacial score (nSPS) is 10.4. The highest BCUT2D eigenvalue weighted by atomic mass is 16.6. The molecular formula is C13H20N4O3. The number of anilines is 1. The lowest BCUT2D eigenvalue weighted by Crippen LogP contribution is -2.31. The zero-order chi connectivity index (χ0) is 15.3. The van der Waals surface area contributed by atoms with Crippen molar-refractivity contribution in [3.8, 4) is 0 Å². The van der Waals surface area contributed by atoms with Gasteiger partial charge >= 0.3 is 0 Å². The van der Waals surface area contributed by atoms with E-state index in [1.54, 1.807) is 11.9 Å². The Hall–Kier alpha value is -2.18. The maximum Gasteiger partial charge on any atom is 0.288 e. The summed E-state index contributed by atoms with van der Waals surface area (Å²) in [5.41, 5.74) is 0.0390. The minimum absolute atomic E-state index is 0.187. The molecule has 0 bridgehead atoms. The van der Waals surface area contributed by atoms with Gasteiger partial charge in [0, 0.05) is 26.2 Å². The van der Waals surface area contributed by atoms with Gasteiger partial charge < -0.3 is 10.2 Å². The van der Waals surface area contributed by atoms with Crippen LogP contribution < -0.4 is 5.32 Å². The molecule has 1 N–H and O–H groups in total. The number of nitrogens with zero attached hydrogens (tertiary/aromatic N) is 3. The van der Waals surface area contributed by atoms with E-state index < -0.39 is 4.92 Å². The van der Waals surface area contributed by atoms with Crippen LogP contribution >= 0.6 is 0 Å². The zero-order valence-electron chi connectivity index (χ0n) is 12.2. The molecule has 1 aromatic rings.